The molecule has 1 aromatic carbocycles. The lowest BCUT2D eigenvalue weighted by atomic mass is 10.3. The number of halogens is 4. The molecule has 1 saturated heterocycles. The molecule has 0 spiro atoms. The Kier molecular flexibility index (Phi) is 5.85. The number of sulfonamides is 1. The van der Waals surface area contributed by atoms with E-state index in [0.717, 1.165) is 16.4 Å². The van der Waals surface area contributed by atoms with E-state index in [1.807, 2.05) is 0 Å². The number of nitrogens with zero attached hydrogens (tertiary/aromatic N) is 1. The van der Waals surface area contributed by atoms with E-state index in [0.29, 0.717) is 12.5 Å². The molecule has 1 fully saturated rings. The van der Waals surface area contributed by atoms with Gasteiger partial charge in [0.15, 0.2) is 11.6 Å². The molecular formula is C11H14ClF3N2O3S. The highest BCUT2D eigenvalue weighted by Crippen LogP contribution is 2.26. The SMILES string of the molecule is Cl.N[C@H]1CCN(S(=O)(=O)c2ccc(OC(F)F)c(F)c2)C1. The zero-order valence-corrected chi connectivity index (χ0v) is 12.3. The predicted molar refractivity (Wildman–Crippen MR) is 71.6 cm³/mol. The molecule has 1 heterocycles. The van der Waals surface area contributed by atoms with Crippen LogP contribution < -0.4 is 10.5 Å². The summed E-state index contributed by atoms with van der Waals surface area (Å²) in [6.07, 6.45) is 0.522. The molecule has 0 aliphatic carbocycles. The summed E-state index contributed by atoms with van der Waals surface area (Å²) in [4.78, 5) is -0.314. The van der Waals surface area contributed by atoms with Crippen LogP contribution >= 0.6 is 12.4 Å². The van der Waals surface area contributed by atoms with Crippen LogP contribution in [0, 0.1) is 5.82 Å². The number of alkyl halides is 2. The second kappa shape index (κ2) is 6.82. The topological polar surface area (TPSA) is 72.6 Å². The van der Waals surface area contributed by atoms with Crippen molar-refractivity contribution in [1.82, 2.24) is 4.31 Å². The van der Waals surface area contributed by atoms with Gasteiger partial charge in [0.05, 0.1) is 4.90 Å². The lowest BCUT2D eigenvalue weighted by molar-refractivity contribution is -0.0522. The van der Waals surface area contributed by atoms with Gasteiger partial charge in [0.1, 0.15) is 0 Å². The lowest BCUT2D eigenvalue weighted by Gasteiger charge is -2.16. The Morgan fingerprint density at radius 1 is 1.38 bits per heavy atom. The molecular weight excluding hydrogens is 333 g/mol. The van der Waals surface area contributed by atoms with Crippen LogP contribution in [0.5, 0.6) is 5.75 Å². The Bertz CT molecular complexity index is 600. The quantitative estimate of drug-likeness (QED) is 0.898. The number of ether oxygens (including phenoxy) is 1. The molecule has 1 aliphatic heterocycles. The summed E-state index contributed by atoms with van der Waals surface area (Å²) >= 11 is 0. The minimum absolute atomic E-state index is 0. The first kappa shape index (κ1) is 18.0. The molecule has 0 radical (unpaired) electrons. The van der Waals surface area contributed by atoms with Crippen molar-refractivity contribution in [3.63, 3.8) is 0 Å². The van der Waals surface area contributed by atoms with Gasteiger partial charge in [-0.3, -0.25) is 0 Å². The van der Waals surface area contributed by atoms with Gasteiger partial charge < -0.3 is 10.5 Å². The van der Waals surface area contributed by atoms with Gasteiger partial charge in [0, 0.05) is 19.1 Å². The molecule has 1 aliphatic rings. The van der Waals surface area contributed by atoms with Crippen LogP contribution in [0.2, 0.25) is 0 Å². The molecule has 0 amide bonds. The Morgan fingerprint density at radius 2 is 2.05 bits per heavy atom. The van der Waals surface area contributed by atoms with Crippen molar-refractivity contribution in [3.8, 4) is 5.75 Å². The van der Waals surface area contributed by atoms with Crippen LogP contribution in [0.4, 0.5) is 13.2 Å². The highest BCUT2D eigenvalue weighted by atomic mass is 35.5. The third-order valence-electron chi connectivity index (χ3n) is 2.94. The van der Waals surface area contributed by atoms with Crippen LogP contribution in [-0.4, -0.2) is 38.5 Å². The minimum Gasteiger partial charge on any atom is -0.432 e. The number of benzene rings is 1. The van der Waals surface area contributed by atoms with E-state index >= 15 is 0 Å². The van der Waals surface area contributed by atoms with E-state index in [-0.39, 0.29) is 36.4 Å². The molecule has 1 aromatic rings. The minimum atomic E-state index is -3.87. The summed E-state index contributed by atoms with van der Waals surface area (Å²) in [7, 11) is -3.87. The molecule has 0 bridgehead atoms. The largest absolute Gasteiger partial charge is 0.432 e. The fourth-order valence-corrected chi connectivity index (χ4v) is 3.48. The van der Waals surface area contributed by atoms with E-state index in [4.69, 9.17) is 5.73 Å². The molecule has 0 aromatic heterocycles. The van der Waals surface area contributed by atoms with Crippen molar-refractivity contribution in [3.05, 3.63) is 24.0 Å². The summed E-state index contributed by atoms with van der Waals surface area (Å²) < 4.78 is 66.9. The average molecular weight is 347 g/mol. The van der Waals surface area contributed by atoms with E-state index in [1.54, 1.807) is 0 Å². The molecule has 21 heavy (non-hydrogen) atoms. The van der Waals surface area contributed by atoms with Gasteiger partial charge in [-0.2, -0.15) is 13.1 Å². The maximum Gasteiger partial charge on any atom is 0.387 e. The Morgan fingerprint density at radius 3 is 2.52 bits per heavy atom. The summed E-state index contributed by atoms with van der Waals surface area (Å²) in [6.45, 7) is -2.77. The van der Waals surface area contributed by atoms with Crippen molar-refractivity contribution >= 4 is 22.4 Å². The maximum atomic E-state index is 13.5. The molecule has 0 unspecified atom stereocenters. The first-order chi connectivity index (χ1) is 9.30. The van der Waals surface area contributed by atoms with E-state index < -0.39 is 28.2 Å². The zero-order valence-electron chi connectivity index (χ0n) is 10.7. The normalized spacial score (nSPS) is 19.6. The highest BCUT2D eigenvalue weighted by molar-refractivity contribution is 7.89. The third-order valence-corrected chi connectivity index (χ3v) is 4.81. The predicted octanol–water partition coefficient (Wildman–Crippen LogP) is 1.57. The van der Waals surface area contributed by atoms with Gasteiger partial charge >= 0.3 is 6.61 Å². The van der Waals surface area contributed by atoms with Crippen LogP contribution in [-0.2, 0) is 10.0 Å². The van der Waals surface area contributed by atoms with Gasteiger partial charge in [-0.15, -0.1) is 12.4 Å². The number of hydrogen-bond donors (Lipinski definition) is 1. The lowest BCUT2D eigenvalue weighted by Crippen LogP contribution is -2.32. The van der Waals surface area contributed by atoms with Gasteiger partial charge in [-0.1, -0.05) is 0 Å². The Balaban J connectivity index is 0.00000220. The summed E-state index contributed by atoms with van der Waals surface area (Å²) in [5.74, 6) is -1.85. The smallest absolute Gasteiger partial charge is 0.387 e. The molecule has 2 rings (SSSR count). The van der Waals surface area contributed by atoms with Gasteiger partial charge in [0.2, 0.25) is 10.0 Å². The first-order valence-electron chi connectivity index (χ1n) is 5.81. The maximum absolute atomic E-state index is 13.5. The Labute approximate surface area is 126 Å². The summed E-state index contributed by atoms with van der Waals surface area (Å²) in [5, 5.41) is 0. The van der Waals surface area contributed by atoms with Crippen molar-refractivity contribution in [2.75, 3.05) is 13.1 Å². The summed E-state index contributed by atoms with van der Waals surface area (Å²) in [6, 6.07) is 2.30. The number of nitrogens with two attached hydrogens (primary N) is 1. The highest BCUT2D eigenvalue weighted by Gasteiger charge is 2.31. The monoisotopic (exact) mass is 346 g/mol. The van der Waals surface area contributed by atoms with Crippen molar-refractivity contribution in [2.24, 2.45) is 5.73 Å². The molecule has 5 nitrogen and oxygen atoms in total. The van der Waals surface area contributed by atoms with Crippen molar-refractivity contribution in [1.29, 1.82) is 0 Å². The third kappa shape index (κ3) is 4.00. The second-order valence-electron chi connectivity index (χ2n) is 4.38. The fourth-order valence-electron chi connectivity index (χ4n) is 1.95. The molecule has 2 N–H and O–H groups in total. The molecule has 1 atom stereocenters. The average Bonchev–Trinajstić information content (AvgIpc) is 2.78. The summed E-state index contributed by atoms with van der Waals surface area (Å²) in [5.41, 5.74) is 5.63. The van der Waals surface area contributed by atoms with Crippen molar-refractivity contribution < 1.29 is 26.3 Å². The van der Waals surface area contributed by atoms with Gasteiger partial charge in [-0.05, 0) is 24.6 Å². The van der Waals surface area contributed by atoms with Crippen LogP contribution in [0.1, 0.15) is 6.42 Å². The van der Waals surface area contributed by atoms with Crippen LogP contribution in [0.25, 0.3) is 0 Å². The van der Waals surface area contributed by atoms with E-state index in [9.17, 15) is 21.6 Å². The zero-order chi connectivity index (χ0) is 14.9. The van der Waals surface area contributed by atoms with E-state index in [1.165, 1.54) is 0 Å². The molecule has 120 valence electrons. The van der Waals surface area contributed by atoms with Crippen molar-refractivity contribution in [2.45, 2.75) is 24.0 Å². The first-order valence-corrected chi connectivity index (χ1v) is 7.25. The standard InChI is InChI=1S/C11H13F3N2O3S.ClH/c12-9-5-8(1-2-10(9)19-11(13)14)20(17,18)16-4-3-7(15)6-16;/h1-2,5,7,11H,3-4,6,15H2;1H/t7-;/m0./s1. The van der Waals surface area contributed by atoms with Gasteiger partial charge in [-0.25, -0.2) is 12.8 Å². The Hall–Kier alpha value is -1.03. The number of rotatable bonds is 4. The number of hydrogen-bond acceptors (Lipinski definition) is 4. The van der Waals surface area contributed by atoms with Crippen LogP contribution in [0.3, 0.4) is 0 Å². The van der Waals surface area contributed by atoms with Gasteiger partial charge in [0.25, 0.3) is 0 Å². The molecule has 0 saturated carbocycles. The fraction of sp³-hybridized carbons (Fsp3) is 0.455. The molecule has 10 heteroatoms. The van der Waals surface area contributed by atoms with E-state index in [2.05, 4.69) is 4.74 Å². The van der Waals surface area contributed by atoms with Crippen LogP contribution in [0.15, 0.2) is 23.1 Å². The second-order valence-corrected chi connectivity index (χ2v) is 6.32.